The van der Waals surface area contributed by atoms with Gasteiger partial charge in [0.15, 0.2) is 0 Å². The Bertz CT molecular complexity index is 781. The number of carboxylic acids is 1. The number of rotatable bonds is 8. The van der Waals surface area contributed by atoms with E-state index < -0.39 is 23.5 Å². The van der Waals surface area contributed by atoms with E-state index in [9.17, 15) is 14.4 Å². The molecule has 2 amide bonds. The van der Waals surface area contributed by atoms with E-state index in [0.717, 1.165) is 5.57 Å². The zero-order valence-corrected chi connectivity index (χ0v) is 17.8. The number of aliphatic carboxylic acids is 1. The Morgan fingerprint density at radius 2 is 2.07 bits per heavy atom. The molecule has 0 bridgehead atoms. The van der Waals surface area contributed by atoms with Crippen molar-refractivity contribution in [1.29, 1.82) is 0 Å². The Hall–Kier alpha value is -2.85. The smallest absolute Gasteiger partial charge is 0.331 e. The second-order valence-corrected chi connectivity index (χ2v) is 8.19. The molecule has 7 heteroatoms. The van der Waals surface area contributed by atoms with Crippen LogP contribution in [0.3, 0.4) is 0 Å². The summed E-state index contributed by atoms with van der Waals surface area (Å²) in [5.41, 5.74) is 1.10. The molecule has 3 N–H and O–H groups in total. The van der Waals surface area contributed by atoms with Gasteiger partial charge in [-0.2, -0.15) is 0 Å². The quantitative estimate of drug-likeness (QED) is 0.325. The van der Waals surface area contributed by atoms with Crippen LogP contribution in [0.4, 0.5) is 0 Å². The van der Waals surface area contributed by atoms with Gasteiger partial charge in [0.1, 0.15) is 12.1 Å². The van der Waals surface area contributed by atoms with E-state index in [-0.39, 0.29) is 23.9 Å². The van der Waals surface area contributed by atoms with E-state index in [1.54, 1.807) is 13.1 Å². The average Bonchev–Trinajstić information content (AvgIpc) is 3.05. The predicted octanol–water partition coefficient (Wildman–Crippen LogP) is 1.48. The molecule has 2 unspecified atom stereocenters. The van der Waals surface area contributed by atoms with Crippen molar-refractivity contribution in [3.05, 3.63) is 35.5 Å². The highest BCUT2D eigenvalue weighted by Crippen LogP contribution is 2.23. The highest BCUT2D eigenvalue weighted by Gasteiger charge is 2.38. The van der Waals surface area contributed by atoms with Crippen molar-refractivity contribution in [2.45, 2.75) is 46.2 Å². The van der Waals surface area contributed by atoms with E-state index in [0.29, 0.717) is 18.5 Å². The maximum Gasteiger partial charge on any atom is 0.331 e. The molecule has 7 nitrogen and oxygen atoms in total. The highest BCUT2D eigenvalue weighted by molar-refractivity contribution is 5.93. The van der Waals surface area contributed by atoms with Gasteiger partial charge in [-0.25, -0.2) is 4.79 Å². The molecule has 158 valence electrons. The van der Waals surface area contributed by atoms with Gasteiger partial charge in [-0.1, -0.05) is 38.8 Å². The van der Waals surface area contributed by atoms with Gasteiger partial charge in [-0.05, 0) is 24.3 Å². The van der Waals surface area contributed by atoms with E-state index >= 15 is 0 Å². The average molecular weight is 402 g/mol. The molecule has 0 fully saturated rings. The monoisotopic (exact) mass is 401 g/mol. The van der Waals surface area contributed by atoms with Crippen LogP contribution in [-0.2, 0) is 14.4 Å². The summed E-state index contributed by atoms with van der Waals surface area (Å²) >= 11 is 0. The number of carboxylic acid groups (broad SMARTS) is 1. The lowest BCUT2D eigenvalue weighted by atomic mass is 9.85. The van der Waals surface area contributed by atoms with Crippen LogP contribution in [0.25, 0.3) is 0 Å². The number of likely N-dealkylation sites (N-methyl/N-ethyl adjacent to an activating group) is 1. The minimum atomic E-state index is -1.04. The Balaban J connectivity index is 3.00. The van der Waals surface area contributed by atoms with Crippen molar-refractivity contribution in [2.75, 3.05) is 20.1 Å². The van der Waals surface area contributed by atoms with Crippen molar-refractivity contribution in [3.8, 4) is 12.3 Å². The molecule has 0 aromatic heterocycles. The lowest BCUT2D eigenvalue weighted by molar-refractivity contribution is -0.138. The molecule has 1 rings (SSSR count). The number of nitrogens with zero attached hydrogens (tertiary/aromatic N) is 1. The summed E-state index contributed by atoms with van der Waals surface area (Å²) in [6, 6.07) is -1.49. The van der Waals surface area contributed by atoms with E-state index in [1.165, 1.54) is 17.9 Å². The molecule has 0 aromatic rings. The first-order valence-electron chi connectivity index (χ1n) is 9.42. The molecular weight excluding hydrogens is 370 g/mol. The van der Waals surface area contributed by atoms with Crippen LogP contribution in [0.5, 0.6) is 0 Å². The summed E-state index contributed by atoms with van der Waals surface area (Å²) in [4.78, 5) is 38.2. The molecule has 2 atom stereocenters. The van der Waals surface area contributed by atoms with Gasteiger partial charge in [0.05, 0.1) is 0 Å². The van der Waals surface area contributed by atoms with E-state index in [4.69, 9.17) is 11.5 Å². The molecule has 0 aliphatic carbocycles. The standard InChI is InChI=1S/C22H31N3O4/c1-8-10-15-13-23-17(16(15)9-2)19(26)24-18(22(4,5)6)20(27)25(7)12-11-14(3)21(28)29/h2,8,11,17-18,23H,1,10,12-13H2,3-7H3,(H,24,26)(H,28,29)/b14-11+. The fourth-order valence-electron chi connectivity index (χ4n) is 2.94. The van der Waals surface area contributed by atoms with Crippen LogP contribution in [0.2, 0.25) is 0 Å². The number of carbonyl (C=O) groups excluding carboxylic acids is 2. The SMILES string of the molecule is C#CC1=C(CC=C)CNC1C(=O)NC(C(=O)N(C)C/C=C(\C)C(=O)O)C(C)(C)C. The van der Waals surface area contributed by atoms with Gasteiger partial charge in [-0.3, -0.25) is 14.9 Å². The number of hydrogen-bond acceptors (Lipinski definition) is 4. The molecule has 0 saturated heterocycles. The van der Waals surface area contributed by atoms with Crippen LogP contribution in [0, 0.1) is 17.8 Å². The van der Waals surface area contributed by atoms with Gasteiger partial charge in [0, 0.05) is 31.3 Å². The number of hydrogen-bond donors (Lipinski definition) is 3. The second kappa shape index (κ2) is 10.1. The highest BCUT2D eigenvalue weighted by atomic mass is 16.4. The molecule has 1 heterocycles. The number of amides is 2. The van der Waals surface area contributed by atoms with Crippen LogP contribution < -0.4 is 10.6 Å². The number of allylic oxidation sites excluding steroid dienone is 1. The largest absolute Gasteiger partial charge is 0.478 e. The Labute approximate surface area is 172 Å². The van der Waals surface area contributed by atoms with Crippen LogP contribution in [-0.4, -0.2) is 60.0 Å². The molecule has 1 aliphatic rings. The minimum Gasteiger partial charge on any atom is -0.478 e. The Kier molecular flexibility index (Phi) is 8.41. The summed E-state index contributed by atoms with van der Waals surface area (Å²) in [6.07, 6.45) is 9.39. The first kappa shape index (κ1) is 24.2. The summed E-state index contributed by atoms with van der Waals surface area (Å²) in [5, 5.41) is 14.9. The summed E-state index contributed by atoms with van der Waals surface area (Å²) in [6.45, 7) is 11.3. The van der Waals surface area contributed by atoms with Crippen molar-refractivity contribution in [3.63, 3.8) is 0 Å². The first-order valence-corrected chi connectivity index (χ1v) is 9.42. The summed E-state index contributed by atoms with van der Waals surface area (Å²) in [7, 11) is 1.57. The summed E-state index contributed by atoms with van der Waals surface area (Å²) in [5.74, 6) is 0.874. The maximum absolute atomic E-state index is 13.0. The second-order valence-electron chi connectivity index (χ2n) is 8.19. The number of terminal acetylenes is 1. The lowest BCUT2D eigenvalue weighted by Crippen LogP contribution is -2.57. The molecular formula is C22H31N3O4. The van der Waals surface area contributed by atoms with Crippen LogP contribution in [0.1, 0.15) is 34.1 Å². The zero-order valence-electron chi connectivity index (χ0n) is 17.8. The molecule has 29 heavy (non-hydrogen) atoms. The molecule has 0 saturated carbocycles. The van der Waals surface area contributed by atoms with Crippen molar-refractivity contribution in [2.24, 2.45) is 5.41 Å². The number of nitrogens with one attached hydrogen (secondary N) is 2. The third kappa shape index (κ3) is 6.33. The summed E-state index contributed by atoms with van der Waals surface area (Å²) < 4.78 is 0. The third-order valence-electron chi connectivity index (χ3n) is 4.78. The zero-order chi connectivity index (χ0) is 22.4. The van der Waals surface area contributed by atoms with E-state index in [1.807, 2.05) is 20.8 Å². The predicted molar refractivity (Wildman–Crippen MR) is 113 cm³/mol. The molecule has 0 spiro atoms. The fourth-order valence-corrected chi connectivity index (χ4v) is 2.94. The van der Waals surface area contributed by atoms with Crippen molar-refractivity contribution >= 4 is 17.8 Å². The Morgan fingerprint density at radius 1 is 1.45 bits per heavy atom. The van der Waals surface area contributed by atoms with Gasteiger partial charge < -0.3 is 15.3 Å². The van der Waals surface area contributed by atoms with E-state index in [2.05, 4.69) is 23.1 Å². The lowest BCUT2D eigenvalue weighted by Gasteiger charge is -2.34. The van der Waals surface area contributed by atoms with Crippen molar-refractivity contribution < 1.29 is 19.5 Å². The number of carbonyl (C=O) groups is 3. The van der Waals surface area contributed by atoms with Crippen LogP contribution in [0.15, 0.2) is 35.5 Å². The van der Waals surface area contributed by atoms with Crippen molar-refractivity contribution in [1.82, 2.24) is 15.5 Å². The van der Waals surface area contributed by atoms with Gasteiger partial charge in [0.25, 0.3) is 0 Å². The topological polar surface area (TPSA) is 98.7 Å². The van der Waals surface area contributed by atoms with Crippen LogP contribution >= 0.6 is 0 Å². The first-order chi connectivity index (χ1) is 13.4. The third-order valence-corrected chi connectivity index (χ3v) is 4.78. The van der Waals surface area contributed by atoms with Gasteiger partial charge >= 0.3 is 5.97 Å². The Morgan fingerprint density at radius 3 is 2.55 bits per heavy atom. The normalized spacial score (nSPS) is 18.1. The molecule has 1 aliphatic heterocycles. The molecule has 0 radical (unpaired) electrons. The van der Waals surface area contributed by atoms with Gasteiger partial charge in [0.2, 0.25) is 11.8 Å². The minimum absolute atomic E-state index is 0.125. The molecule has 0 aromatic carbocycles. The fraction of sp³-hybridized carbons (Fsp3) is 0.500. The van der Waals surface area contributed by atoms with Gasteiger partial charge in [-0.15, -0.1) is 13.0 Å². The maximum atomic E-state index is 13.0.